The maximum absolute atomic E-state index is 11.7. The van der Waals surface area contributed by atoms with E-state index in [1.165, 1.54) is 0 Å². The zero-order valence-corrected chi connectivity index (χ0v) is 11.8. The van der Waals surface area contributed by atoms with Crippen molar-refractivity contribution in [3.63, 3.8) is 0 Å². The summed E-state index contributed by atoms with van der Waals surface area (Å²) in [6.45, 7) is 3.76. The van der Waals surface area contributed by atoms with Gasteiger partial charge in [0.15, 0.2) is 0 Å². The van der Waals surface area contributed by atoms with Crippen molar-refractivity contribution in [2.45, 2.75) is 25.9 Å². The van der Waals surface area contributed by atoms with E-state index in [9.17, 15) is 4.79 Å². The van der Waals surface area contributed by atoms with Gasteiger partial charge in [-0.05, 0) is 13.8 Å². The molecule has 0 aliphatic heterocycles. The van der Waals surface area contributed by atoms with Crippen LogP contribution in [0, 0.1) is 0 Å². The molecular formula is C14H17N3OS. The predicted octanol–water partition coefficient (Wildman–Crippen LogP) is 2.16. The summed E-state index contributed by atoms with van der Waals surface area (Å²) < 4.78 is 0. The molecule has 4 nitrogen and oxygen atoms in total. The molecule has 0 atom stereocenters. The number of rotatable bonds is 4. The number of carbonyl (C=O) groups is 1. The van der Waals surface area contributed by atoms with Crippen molar-refractivity contribution < 1.29 is 4.79 Å². The molecule has 100 valence electrons. The zero-order valence-electron chi connectivity index (χ0n) is 11.0. The van der Waals surface area contributed by atoms with E-state index in [1.807, 2.05) is 35.7 Å². The van der Waals surface area contributed by atoms with E-state index in [4.69, 9.17) is 5.73 Å². The lowest BCUT2D eigenvalue weighted by atomic mass is 10.1. The van der Waals surface area contributed by atoms with Crippen LogP contribution in [0.15, 0.2) is 35.7 Å². The lowest BCUT2D eigenvalue weighted by molar-refractivity contribution is -0.125. The molecule has 0 aliphatic rings. The summed E-state index contributed by atoms with van der Waals surface area (Å²) in [6, 6.07) is 9.97. The second-order valence-electron chi connectivity index (χ2n) is 4.91. The van der Waals surface area contributed by atoms with Crippen LogP contribution in [0.5, 0.6) is 0 Å². The Labute approximate surface area is 116 Å². The number of carbonyl (C=O) groups excluding carboxylic acids is 1. The van der Waals surface area contributed by atoms with Crippen molar-refractivity contribution in [2.24, 2.45) is 5.73 Å². The maximum Gasteiger partial charge on any atom is 0.239 e. The Hall–Kier alpha value is -1.72. The Kier molecular flexibility index (Phi) is 3.97. The molecule has 0 unspecified atom stereocenters. The van der Waals surface area contributed by atoms with E-state index < -0.39 is 5.54 Å². The predicted molar refractivity (Wildman–Crippen MR) is 77.7 cm³/mol. The second kappa shape index (κ2) is 5.50. The third-order valence-corrected chi connectivity index (χ3v) is 3.53. The third-order valence-electron chi connectivity index (χ3n) is 2.59. The zero-order chi connectivity index (χ0) is 13.9. The van der Waals surface area contributed by atoms with Gasteiger partial charge in [-0.15, -0.1) is 11.3 Å². The van der Waals surface area contributed by atoms with Gasteiger partial charge in [0.1, 0.15) is 5.01 Å². The molecule has 0 saturated heterocycles. The molecule has 0 saturated carbocycles. The highest BCUT2D eigenvalue weighted by Gasteiger charge is 2.21. The average molecular weight is 275 g/mol. The fourth-order valence-corrected chi connectivity index (χ4v) is 2.33. The summed E-state index contributed by atoms with van der Waals surface area (Å²) in [5, 5.41) is 5.69. The number of benzene rings is 1. The first-order valence-electron chi connectivity index (χ1n) is 6.04. The highest BCUT2D eigenvalue weighted by molar-refractivity contribution is 7.13. The van der Waals surface area contributed by atoms with E-state index in [-0.39, 0.29) is 5.91 Å². The monoisotopic (exact) mass is 275 g/mol. The van der Waals surface area contributed by atoms with E-state index in [2.05, 4.69) is 10.3 Å². The van der Waals surface area contributed by atoms with E-state index >= 15 is 0 Å². The van der Waals surface area contributed by atoms with Crippen LogP contribution < -0.4 is 11.1 Å². The van der Waals surface area contributed by atoms with Crippen molar-refractivity contribution in [3.8, 4) is 10.6 Å². The molecule has 0 radical (unpaired) electrons. The second-order valence-corrected chi connectivity index (χ2v) is 5.77. The van der Waals surface area contributed by atoms with Gasteiger partial charge >= 0.3 is 0 Å². The van der Waals surface area contributed by atoms with Crippen LogP contribution in [0.3, 0.4) is 0 Å². The first kappa shape index (κ1) is 13.7. The normalized spacial score (nSPS) is 11.3. The number of nitrogens with zero attached hydrogens (tertiary/aromatic N) is 1. The maximum atomic E-state index is 11.7. The number of hydrogen-bond acceptors (Lipinski definition) is 4. The minimum absolute atomic E-state index is 0.179. The molecule has 0 bridgehead atoms. The lowest BCUT2D eigenvalue weighted by Gasteiger charge is -2.17. The quantitative estimate of drug-likeness (QED) is 0.898. The van der Waals surface area contributed by atoms with E-state index in [0.717, 1.165) is 16.3 Å². The Morgan fingerprint density at radius 2 is 2.05 bits per heavy atom. The lowest BCUT2D eigenvalue weighted by Crippen LogP contribution is -2.48. The molecule has 1 aromatic carbocycles. The minimum Gasteiger partial charge on any atom is -0.349 e. The molecule has 0 fully saturated rings. The Morgan fingerprint density at radius 3 is 2.68 bits per heavy atom. The Morgan fingerprint density at radius 1 is 1.37 bits per heavy atom. The van der Waals surface area contributed by atoms with Crippen molar-refractivity contribution >= 4 is 17.2 Å². The fraction of sp³-hybridized carbons (Fsp3) is 0.286. The van der Waals surface area contributed by atoms with Crippen LogP contribution >= 0.6 is 11.3 Å². The molecule has 3 N–H and O–H groups in total. The first-order valence-corrected chi connectivity index (χ1v) is 6.92. The van der Waals surface area contributed by atoms with Gasteiger partial charge in [-0.25, -0.2) is 4.98 Å². The molecule has 2 aromatic rings. The number of thiazole rings is 1. The molecular weight excluding hydrogens is 258 g/mol. The SMILES string of the molecule is CC(C)(N)C(=O)NCc1csc(-c2ccccc2)n1. The van der Waals surface area contributed by atoms with Crippen LogP contribution in [0.1, 0.15) is 19.5 Å². The number of nitrogens with one attached hydrogen (secondary N) is 1. The van der Waals surface area contributed by atoms with Crippen LogP contribution in [0.25, 0.3) is 10.6 Å². The van der Waals surface area contributed by atoms with Crippen molar-refractivity contribution in [1.82, 2.24) is 10.3 Å². The molecule has 0 aliphatic carbocycles. The van der Waals surface area contributed by atoms with Crippen LogP contribution in [0.4, 0.5) is 0 Å². The molecule has 19 heavy (non-hydrogen) atoms. The first-order chi connectivity index (χ1) is 8.97. The number of hydrogen-bond donors (Lipinski definition) is 2. The Bertz CT molecular complexity index is 558. The smallest absolute Gasteiger partial charge is 0.239 e. The van der Waals surface area contributed by atoms with Crippen molar-refractivity contribution in [2.75, 3.05) is 0 Å². The third kappa shape index (κ3) is 3.62. The molecule has 2 rings (SSSR count). The number of aromatic nitrogens is 1. The highest BCUT2D eigenvalue weighted by Crippen LogP contribution is 2.23. The summed E-state index contributed by atoms with van der Waals surface area (Å²) in [7, 11) is 0. The summed E-state index contributed by atoms with van der Waals surface area (Å²) in [5.74, 6) is -0.179. The van der Waals surface area contributed by atoms with Gasteiger partial charge in [0, 0.05) is 10.9 Å². The molecule has 1 aromatic heterocycles. The highest BCUT2D eigenvalue weighted by atomic mass is 32.1. The van der Waals surface area contributed by atoms with E-state index in [1.54, 1.807) is 25.2 Å². The number of amides is 1. The van der Waals surface area contributed by atoms with Gasteiger partial charge in [0.2, 0.25) is 5.91 Å². The van der Waals surface area contributed by atoms with Gasteiger partial charge in [-0.2, -0.15) is 0 Å². The van der Waals surface area contributed by atoms with Crippen LogP contribution in [0.2, 0.25) is 0 Å². The van der Waals surface area contributed by atoms with Gasteiger partial charge in [0.05, 0.1) is 17.8 Å². The topological polar surface area (TPSA) is 68.0 Å². The minimum atomic E-state index is -0.863. The van der Waals surface area contributed by atoms with Gasteiger partial charge in [-0.1, -0.05) is 30.3 Å². The Balaban J connectivity index is 2.01. The fourth-order valence-electron chi connectivity index (χ4n) is 1.50. The molecule has 1 amide bonds. The molecule has 5 heteroatoms. The summed E-state index contributed by atoms with van der Waals surface area (Å²) in [5.41, 5.74) is 6.78. The summed E-state index contributed by atoms with van der Waals surface area (Å²) in [4.78, 5) is 16.2. The van der Waals surface area contributed by atoms with Gasteiger partial charge in [-0.3, -0.25) is 4.79 Å². The standard InChI is InChI=1S/C14H17N3OS/c1-14(2,15)13(18)16-8-11-9-19-12(17-11)10-6-4-3-5-7-10/h3-7,9H,8,15H2,1-2H3,(H,16,18). The van der Waals surface area contributed by atoms with Crippen molar-refractivity contribution in [3.05, 3.63) is 41.4 Å². The summed E-state index contributed by atoms with van der Waals surface area (Å²) >= 11 is 1.57. The number of nitrogens with two attached hydrogens (primary N) is 1. The van der Waals surface area contributed by atoms with E-state index in [0.29, 0.717) is 6.54 Å². The average Bonchev–Trinajstić information content (AvgIpc) is 2.84. The molecule has 0 spiro atoms. The van der Waals surface area contributed by atoms with Gasteiger partial charge in [0.25, 0.3) is 0 Å². The van der Waals surface area contributed by atoms with Crippen molar-refractivity contribution in [1.29, 1.82) is 0 Å². The van der Waals surface area contributed by atoms with Gasteiger partial charge < -0.3 is 11.1 Å². The van der Waals surface area contributed by atoms with Crippen LogP contribution in [-0.2, 0) is 11.3 Å². The molecule has 1 heterocycles. The largest absolute Gasteiger partial charge is 0.349 e. The van der Waals surface area contributed by atoms with Crippen LogP contribution in [-0.4, -0.2) is 16.4 Å². The summed E-state index contributed by atoms with van der Waals surface area (Å²) in [6.07, 6.45) is 0.